The van der Waals surface area contributed by atoms with Crippen LogP contribution in [0.25, 0.3) is 0 Å². The lowest BCUT2D eigenvalue weighted by Crippen LogP contribution is -2.58. The topological polar surface area (TPSA) is 20.2 Å². The van der Waals surface area contributed by atoms with E-state index in [1.54, 1.807) is 0 Å². The molecule has 86 valence electrons. The van der Waals surface area contributed by atoms with Crippen molar-refractivity contribution in [1.29, 1.82) is 0 Å². The first-order valence-electron chi connectivity index (χ1n) is 6.80. The molecule has 4 fully saturated rings. The second kappa shape index (κ2) is 3.23. The molecule has 4 rings (SSSR count). The summed E-state index contributed by atoms with van der Waals surface area (Å²) in [5.41, 5.74) is -0.276. The van der Waals surface area contributed by atoms with Crippen LogP contribution in [0.1, 0.15) is 52.4 Å². The fraction of sp³-hybridized carbons (Fsp3) is 1.00. The van der Waals surface area contributed by atoms with Crippen molar-refractivity contribution < 1.29 is 5.11 Å². The first-order valence-corrected chi connectivity index (χ1v) is 6.80. The molecule has 0 radical (unpaired) electrons. The quantitative estimate of drug-likeness (QED) is 0.738. The van der Waals surface area contributed by atoms with E-state index in [9.17, 15) is 5.11 Å². The van der Waals surface area contributed by atoms with Crippen LogP contribution >= 0.6 is 0 Å². The van der Waals surface area contributed by atoms with Crippen LogP contribution in [-0.4, -0.2) is 10.7 Å². The molecule has 15 heavy (non-hydrogen) atoms. The molecule has 4 bridgehead atoms. The van der Waals surface area contributed by atoms with Gasteiger partial charge in [0.15, 0.2) is 0 Å². The molecule has 0 atom stereocenters. The summed E-state index contributed by atoms with van der Waals surface area (Å²) in [6.45, 7) is 4.51. The van der Waals surface area contributed by atoms with Crippen LogP contribution in [0.5, 0.6) is 0 Å². The second-order valence-electron chi connectivity index (χ2n) is 6.89. The first-order chi connectivity index (χ1) is 7.08. The lowest BCUT2D eigenvalue weighted by Gasteiger charge is -2.59. The van der Waals surface area contributed by atoms with Crippen molar-refractivity contribution in [1.82, 2.24) is 0 Å². The highest BCUT2D eigenvalue weighted by atomic mass is 16.3. The highest BCUT2D eigenvalue weighted by Gasteiger charge is 2.56. The van der Waals surface area contributed by atoms with Crippen molar-refractivity contribution in [2.24, 2.45) is 29.6 Å². The smallest absolute Gasteiger partial charge is 0.0706 e. The minimum Gasteiger partial charge on any atom is -0.389 e. The third-order valence-corrected chi connectivity index (χ3v) is 5.29. The highest BCUT2D eigenvalue weighted by Crippen LogP contribution is 2.59. The molecule has 0 aromatic carbocycles. The van der Waals surface area contributed by atoms with E-state index in [1.165, 1.54) is 32.1 Å². The van der Waals surface area contributed by atoms with Gasteiger partial charge < -0.3 is 5.11 Å². The van der Waals surface area contributed by atoms with Crippen LogP contribution < -0.4 is 0 Å². The van der Waals surface area contributed by atoms with Gasteiger partial charge in [-0.05, 0) is 68.1 Å². The van der Waals surface area contributed by atoms with Crippen LogP contribution in [0.4, 0.5) is 0 Å². The van der Waals surface area contributed by atoms with Gasteiger partial charge in [0.1, 0.15) is 0 Å². The van der Waals surface area contributed by atoms with Gasteiger partial charge >= 0.3 is 0 Å². The van der Waals surface area contributed by atoms with E-state index in [4.69, 9.17) is 0 Å². The van der Waals surface area contributed by atoms with E-state index < -0.39 is 0 Å². The van der Waals surface area contributed by atoms with Gasteiger partial charge in [-0.25, -0.2) is 0 Å². The average Bonchev–Trinajstić information content (AvgIpc) is 2.12. The van der Waals surface area contributed by atoms with Gasteiger partial charge in [-0.3, -0.25) is 0 Å². The van der Waals surface area contributed by atoms with Gasteiger partial charge in [-0.1, -0.05) is 13.8 Å². The molecule has 4 saturated carbocycles. The third-order valence-electron chi connectivity index (χ3n) is 5.29. The molecule has 0 unspecified atom stereocenters. The Labute approximate surface area is 93.3 Å². The Morgan fingerprint density at radius 3 is 1.87 bits per heavy atom. The predicted molar refractivity (Wildman–Crippen MR) is 61.4 cm³/mol. The maximum absolute atomic E-state index is 11.0. The lowest BCUT2D eigenvalue weighted by atomic mass is 9.48. The molecular formula is C14H24O. The van der Waals surface area contributed by atoms with Crippen LogP contribution in [0.15, 0.2) is 0 Å². The van der Waals surface area contributed by atoms with Crippen LogP contribution in [0.2, 0.25) is 0 Å². The standard InChI is InChI=1S/C14H24O/c1-9(2)8-14(15)12-4-10-3-11(6-12)7-13(14)5-10/h9-13,15H,3-8H2,1-2H3. The third kappa shape index (κ3) is 1.46. The molecule has 0 amide bonds. The summed E-state index contributed by atoms with van der Waals surface area (Å²) in [6, 6.07) is 0. The van der Waals surface area contributed by atoms with E-state index in [-0.39, 0.29) is 5.60 Å². The predicted octanol–water partition coefficient (Wildman–Crippen LogP) is 3.22. The Balaban J connectivity index is 1.84. The molecule has 4 aliphatic carbocycles. The van der Waals surface area contributed by atoms with Crippen molar-refractivity contribution in [2.75, 3.05) is 0 Å². The minimum absolute atomic E-state index is 0.276. The van der Waals surface area contributed by atoms with Gasteiger partial charge in [0.25, 0.3) is 0 Å². The molecule has 1 heteroatoms. The molecule has 0 aliphatic heterocycles. The molecule has 4 aliphatic rings. The van der Waals surface area contributed by atoms with Crippen LogP contribution in [0.3, 0.4) is 0 Å². The SMILES string of the molecule is CC(C)CC1(O)C2CC3CC(C2)CC1C3. The van der Waals surface area contributed by atoms with Gasteiger partial charge in [0, 0.05) is 0 Å². The van der Waals surface area contributed by atoms with Gasteiger partial charge in [0.2, 0.25) is 0 Å². The Hall–Kier alpha value is -0.0400. The Morgan fingerprint density at radius 2 is 1.47 bits per heavy atom. The van der Waals surface area contributed by atoms with E-state index in [2.05, 4.69) is 13.8 Å². The Bertz CT molecular complexity index is 228. The second-order valence-corrected chi connectivity index (χ2v) is 6.89. The molecule has 0 heterocycles. The van der Waals surface area contributed by atoms with E-state index in [0.717, 1.165) is 18.3 Å². The number of hydrogen-bond donors (Lipinski definition) is 1. The molecule has 1 N–H and O–H groups in total. The first kappa shape index (κ1) is 10.1. The van der Waals surface area contributed by atoms with E-state index in [1.807, 2.05) is 0 Å². The lowest BCUT2D eigenvalue weighted by molar-refractivity contribution is -0.180. The largest absolute Gasteiger partial charge is 0.389 e. The van der Waals surface area contributed by atoms with Crippen LogP contribution in [0, 0.1) is 29.6 Å². The minimum atomic E-state index is -0.276. The van der Waals surface area contributed by atoms with Crippen molar-refractivity contribution in [2.45, 2.75) is 58.0 Å². The molecular weight excluding hydrogens is 184 g/mol. The fourth-order valence-electron chi connectivity index (χ4n) is 4.99. The van der Waals surface area contributed by atoms with Crippen molar-refractivity contribution in [3.05, 3.63) is 0 Å². The monoisotopic (exact) mass is 208 g/mol. The fourth-order valence-corrected chi connectivity index (χ4v) is 4.99. The number of hydrogen-bond acceptors (Lipinski definition) is 1. The zero-order valence-electron chi connectivity index (χ0n) is 10.1. The Morgan fingerprint density at radius 1 is 1.00 bits per heavy atom. The van der Waals surface area contributed by atoms with Gasteiger partial charge in [0.05, 0.1) is 5.60 Å². The zero-order chi connectivity index (χ0) is 10.6. The Kier molecular flexibility index (Phi) is 2.18. The summed E-state index contributed by atoms with van der Waals surface area (Å²) in [4.78, 5) is 0. The molecule has 0 spiro atoms. The van der Waals surface area contributed by atoms with Crippen LogP contribution in [-0.2, 0) is 0 Å². The van der Waals surface area contributed by atoms with Gasteiger partial charge in [-0.2, -0.15) is 0 Å². The van der Waals surface area contributed by atoms with E-state index >= 15 is 0 Å². The van der Waals surface area contributed by atoms with E-state index in [0.29, 0.717) is 17.8 Å². The summed E-state index contributed by atoms with van der Waals surface area (Å²) < 4.78 is 0. The zero-order valence-corrected chi connectivity index (χ0v) is 10.1. The normalized spacial score (nSPS) is 52.8. The summed E-state index contributed by atoms with van der Waals surface area (Å²) in [5.74, 6) is 3.89. The van der Waals surface area contributed by atoms with Crippen molar-refractivity contribution in [3.63, 3.8) is 0 Å². The summed E-state index contributed by atoms with van der Waals surface area (Å²) in [6.07, 6.45) is 7.84. The summed E-state index contributed by atoms with van der Waals surface area (Å²) in [5, 5.41) is 11.0. The number of rotatable bonds is 2. The molecule has 1 nitrogen and oxygen atoms in total. The molecule has 0 aromatic rings. The molecule has 0 saturated heterocycles. The summed E-state index contributed by atoms with van der Waals surface area (Å²) in [7, 11) is 0. The highest BCUT2D eigenvalue weighted by molar-refractivity contribution is 5.06. The maximum atomic E-state index is 11.0. The van der Waals surface area contributed by atoms with Crippen molar-refractivity contribution >= 4 is 0 Å². The molecule has 0 aromatic heterocycles. The summed E-state index contributed by atoms with van der Waals surface area (Å²) >= 11 is 0. The average molecular weight is 208 g/mol. The van der Waals surface area contributed by atoms with Crippen molar-refractivity contribution in [3.8, 4) is 0 Å². The van der Waals surface area contributed by atoms with Gasteiger partial charge in [-0.15, -0.1) is 0 Å². The maximum Gasteiger partial charge on any atom is 0.0706 e. The number of aliphatic hydroxyl groups is 1.